The molecule has 0 radical (unpaired) electrons. The Balaban J connectivity index is 1.51. The van der Waals surface area contributed by atoms with Gasteiger partial charge in [-0.05, 0) is 91.4 Å². The van der Waals surface area contributed by atoms with E-state index in [9.17, 15) is 0 Å². The zero-order valence-electron chi connectivity index (χ0n) is 24.4. The van der Waals surface area contributed by atoms with Crippen LogP contribution in [-0.2, 0) is 11.8 Å². The molecule has 3 aliphatic carbocycles. The Morgan fingerprint density at radius 1 is 0.465 bits per heavy atom. The van der Waals surface area contributed by atoms with Gasteiger partial charge in [0.1, 0.15) is 0 Å². The Hall–Kier alpha value is -3.56. The van der Waals surface area contributed by atoms with Crippen LogP contribution >= 0.6 is 15.8 Å². The van der Waals surface area contributed by atoms with Gasteiger partial charge in [0, 0.05) is 5.41 Å². The Kier molecular flexibility index (Phi) is 7.02. The molecular weight excluding hydrogens is 554 g/mol. The molecule has 0 saturated carbocycles. The maximum Gasteiger partial charge on any atom is 0.0523 e. The van der Waals surface area contributed by atoms with Crippen LogP contribution in [0.25, 0.3) is 0 Å². The lowest BCUT2D eigenvalue weighted by Crippen LogP contribution is -2.46. The molecule has 0 bridgehead atoms. The van der Waals surface area contributed by atoms with Crippen molar-refractivity contribution in [3.8, 4) is 0 Å². The van der Waals surface area contributed by atoms with Gasteiger partial charge in [0.25, 0.3) is 0 Å². The number of hydrogen-bond acceptors (Lipinski definition) is 0. The third kappa shape index (κ3) is 4.34. The predicted octanol–water partition coefficient (Wildman–Crippen LogP) is 8.88. The van der Waals surface area contributed by atoms with Gasteiger partial charge in [-0.2, -0.15) is 0 Å². The summed E-state index contributed by atoms with van der Waals surface area (Å²) in [4.78, 5) is -0.0753. The van der Waals surface area contributed by atoms with E-state index < -0.39 is 15.8 Å². The van der Waals surface area contributed by atoms with Crippen LogP contribution in [0.3, 0.4) is 0 Å². The van der Waals surface area contributed by atoms with Gasteiger partial charge in [-0.3, -0.25) is 0 Å². The van der Waals surface area contributed by atoms with Crippen LogP contribution in [0.4, 0.5) is 0 Å². The summed E-state index contributed by atoms with van der Waals surface area (Å²) < 4.78 is 0. The molecule has 210 valence electrons. The highest BCUT2D eigenvalue weighted by Crippen LogP contribution is 2.76. The average Bonchev–Trinajstić information content (AvgIpc) is 3.65. The quantitative estimate of drug-likeness (QED) is 0.173. The highest BCUT2D eigenvalue weighted by Gasteiger charge is 2.60. The van der Waals surface area contributed by atoms with Crippen molar-refractivity contribution in [3.05, 3.63) is 180 Å². The lowest BCUT2D eigenvalue weighted by Gasteiger charge is -2.54. The highest BCUT2D eigenvalue weighted by atomic mass is 31.2. The van der Waals surface area contributed by atoms with Crippen LogP contribution in [-0.4, -0.2) is 4.90 Å². The number of allylic oxidation sites excluding steroid dienone is 4. The fraction of sp³-hybridized carbons (Fsp3) is 0.171. The first-order chi connectivity index (χ1) is 21.3. The zero-order valence-corrected chi connectivity index (χ0v) is 26.2. The minimum atomic E-state index is -0.783. The van der Waals surface area contributed by atoms with Gasteiger partial charge >= 0.3 is 0 Å². The van der Waals surface area contributed by atoms with Gasteiger partial charge in [0.2, 0.25) is 0 Å². The number of aryl methyl sites for hydroxylation is 1. The number of benzene rings is 5. The van der Waals surface area contributed by atoms with Crippen LogP contribution < -0.4 is 21.2 Å². The van der Waals surface area contributed by atoms with Crippen molar-refractivity contribution in [2.75, 3.05) is 0 Å². The summed E-state index contributed by atoms with van der Waals surface area (Å²) in [5.41, 5.74) is 6.64. The Morgan fingerprint density at radius 3 is 1.42 bits per heavy atom. The minimum Gasteiger partial charge on any atom is -0.0826 e. The van der Waals surface area contributed by atoms with E-state index in [0.29, 0.717) is 0 Å². The second kappa shape index (κ2) is 11.2. The van der Waals surface area contributed by atoms with E-state index >= 15 is 0 Å². The summed E-state index contributed by atoms with van der Waals surface area (Å²) in [5.74, 6) is 0. The fourth-order valence-electron chi connectivity index (χ4n) is 8.35. The van der Waals surface area contributed by atoms with Gasteiger partial charge in [-0.1, -0.05) is 158 Å². The molecule has 0 nitrogen and oxygen atoms in total. The molecule has 8 rings (SSSR count). The van der Waals surface area contributed by atoms with Crippen molar-refractivity contribution in [2.45, 2.75) is 42.4 Å². The molecular formula is C41H36P2. The third-order valence-corrected chi connectivity index (χ3v) is 16.6. The Morgan fingerprint density at radius 2 is 0.907 bits per heavy atom. The van der Waals surface area contributed by atoms with Crippen LogP contribution in [0.5, 0.6) is 0 Å². The van der Waals surface area contributed by atoms with Crippen molar-refractivity contribution in [1.29, 1.82) is 0 Å². The van der Waals surface area contributed by atoms with Gasteiger partial charge in [-0.25, -0.2) is 0 Å². The standard InChI is InChI=1S/C41H36P2/c1-5-18-34(19-6-1)42(35-20-7-2-8-21-35)41(43(36-22-9-3-10-23-36)37-24-11-4-12-25-37)29-15-17-33-28-31-40(39(33)41)30-27-32-16-13-14-26-38(32)40/h1-26H,27-31H2/t40-/m1/s1. The smallest absolute Gasteiger partial charge is 0.0523 e. The second-order valence-corrected chi connectivity index (χ2v) is 17.4. The maximum absolute atomic E-state index is 2.56. The summed E-state index contributed by atoms with van der Waals surface area (Å²) in [7, 11) is -1.57. The van der Waals surface area contributed by atoms with E-state index in [1.165, 1.54) is 46.9 Å². The highest BCUT2D eigenvalue weighted by molar-refractivity contribution is 7.91. The third-order valence-electron chi connectivity index (χ3n) is 9.89. The second-order valence-electron chi connectivity index (χ2n) is 12.1. The Bertz CT molecular complexity index is 1630. The molecule has 0 amide bonds. The molecule has 0 heterocycles. The van der Waals surface area contributed by atoms with E-state index in [-0.39, 0.29) is 10.3 Å². The average molecular weight is 591 g/mol. The van der Waals surface area contributed by atoms with Crippen molar-refractivity contribution in [2.24, 2.45) is 0 Å². The van der Waals surface area contributed by atoms with Crippen molar-refractivity contribution in [1.82, 2.24) is 0 Å². The molecule has 2 heteroatoms. The lowest BCUT2D eigenvalue weighted by molar-refractivity contribution is 0.475. The first kappa shape index (κ1) is 27.0. The van der Waals surface area contributed by atoms with Crippen LogP contribution in [0.1, 0.15) is 36.8 Å². The first-order valence-corrected chi connectivity index (χ1v) is 18.3. The molecule has 0 fully saturated rings. The molecule has 0 unspecified atom stereocenters. The maximum atomic E-state index is 2.56. The van der Waals surface area contributed by atoms with Gasteiger partial charge in [-0.15, -0.1) is 0 Å². The number of rotatable bonds is 6. The summed E-state index contributed by atoms with van der Waals surface area (Å²) in [5, 5.41) is 5.94. The van der Waals surface area contributed by atoms with Gasteiger partial charge in [0.15, 0.2) is 0 Å². The SMILES string of the molecule is C1=CC2=C(C(P(c3ccccc3)c3ccccc3)(P(c3ccccc3)c3ccccc3)C1)[C@@]1(CC2)CCc2ccccc21. The predicted molar refractivity (Wildman–Crippen MR) is 187 cm³/mol. The van der Waals surface area contributed by atoms with Crippen LogP contribution in [0.2, 0.25) is 0 Å². The molecule has 1 spiro atoms. The number of hydrogen-bond donors (Lipinski definition) is 0. The molecule has 5 aromatic carbocycles. The monoisotopic (exact) mass is 590 g/mol. The normalized spacial score (nSPS) is 20.1. The summed E-state index contributed by atoms with van der Waals surface area (Å²) in [6.07, 6.45) is 10.9. The molecule has 0 N–H and O–H groups in total. The summed E-state index contributed by atoms with van der Waals surface area (Å²) in [6.45, 7) is 0. The molecule has 3 aliphatic rings. The van der Waals surface area contributed by atoms with E-state index in [0.717, 1.165) is 6.42 Å². The van der Waals surface area contributed by atoms with E-state index in [4.69, 9.17) is 0 Å². The summed E-state index contributed by atoms with van der Waals surface area (Å²) >= 11 is 0. The molecule has 5 aromatic rings. The van der Waals surface area contributed by atoms with Crippen molar-refractivity contribution >= 4 is 37.1 Å². The van der Waals surface area contributed by atoms with Crippen molar-refractivity contribution in [3.63, 3.8) is 0 Å². The first-order valence-electron chi connectivity index (χ1n) is 15.6. The van der Waals surface area contributed by atoms with E-state index in [1.54, 1.807) is 22.3 Å². The largest absolute Gasteiger partial charge is 0.0826 e. The fourth-order valence-corrected chi connectivity index (χ4v) is 16.5. The van der Waals surface area contributed by atoms with E-state index in [2.05, 4.69) is 158 Å². The number of fused-ring (bicyclic) bond motifs is 3. The molecule has 0 saturated heterocycles. The van der Waals surface area contributed by atoms with Gasteiger partial charge in [0.05, 0.1) is 4.90 Å². The molecule has 0 aliphatic heterocycles. The molecule has 43 heavy (non-hydrogen) atoms. The lowest BCUT2D eigenvalue weighted by atomic mass is 9.73. The van der Waals surface area contributed by atoms with Crippen molar-refractivity contribution < 1.29 is 0 Å². The Labute approximate surface area is 258 Å². The zero-order chi connectivity index (χ0) is 28.7. The minimum absolute atomic E-state index is 0.0753. The molecule has 0 aromatic heterocycles. The van der Waals surface area contributed by atoms with Crippen LogP contribution in [0, 0.1) is 0 Å². The summed E-state index contributed by atoms with van der Waals surface area (Å²) in [6, 6.07) is 55.6. The van der Waals surface area contributed by atoms with Gasteiger partial charge < -0.3 is 0 Å². The molecule has 1 atom stereocenters. The van der Waals surface area contributed by atoms with E-state index in [1.807, 2.05) is 0 Å². The van der Waals surface area contributed by atoms with Crippen LogP contribution in [0.15, 0.2) is 169 Å². The topological polar surface area (TPSA) is 0 Å².